The smallest absolute Gasteiger partial charge is 0.341 e. The Labute approximate surface area is 194 Å². The first kappa shape index (κ1) is 24.2. The van der Waals surface area contributed by atoms with Crippen LogP contribution in [0, 0.1) is 10.1 Å². The van der Waals surface area contributed by atoms with Gasteiger partial charge in [0.1, 0.15) is 5.00 Å². The fourth-order valence-electron chi connectivity index (χ4n) is 3.53. The molecule has 1 aromatic heterocycles. The molecule has 0 saturated carbocycles. The zero-order valence-electron chi connectivity index (χ0n) is 18.5. The summed E-state index contributed by atoms with van der Waals surface area (Å²) < 4.78 is 15.3. The van der Waals surface area contributed by atoms with Crippen molar-refractivity contribution in [1.29, 1.82) is 0 Å². The topological polar surface area (TPSA) is 134 Å². The largest absolute Gasteiger partial charge is 0.490 e. The van der Waals surface area contributed by atoms with Crippen molar-refractivity contribution in [3.05, 3.63) is 49.9 Å². The van der Waals surface area contributed by atoms with E-state index in [4.69, 9.17) is 14.2 Å². The number of hydrogen-bond acceptors (Lipinski definition) is 9. The van der Waals surface area contributed by atoms with Gasteiger partial charge in [0, 0.05) is 10.9 Å². The first-order valence-electron chi connectivity index (χ1n) is 10.4. The molecule has 1 aliphatic rings. The molecule has 1 aromatic carbocycles. The quantitative estimate of drug-likeness (QED) is 0.344. The molecular weight excluding hydrogens is 452 g/mol. The number of nitro benzene ring substituents is 1. The van der Waals surface area contributed by atoms with Crippen molar-refractivity contribution >= 4 is 39.9 Å². The molecule has 1 unspecified atom stereocenters. The van der Waals surface area contributed by atoms with Gasteiger partial charge in [0.25, 0.3) is 5.91 Å². The van der Waals surface area contributed by atoms with E-state index in [9.17, 15) is 24.5 Å². The van der Waals surface area contributed by atoms with E-state index in [1.54, 1.807) is 6.92 Å². The van der Waals surface area contributed by atoms with Crippen LogP contribution in [0.5, 0.6) is 5.75 Å². The molecule has 33 heavy (non-hydrogen) atoms. The number of nitro groups is 1. The Bertz CT molecular complexity index is 1090. The fourth-order valence-corrected chi connectivity index (χ4v) is 4.81. The van der Waals surface area contributed by atoms with Gasteiger partial charge in [-0.2, -0.15) is 0 Å². The monoisotopic (exact) mass is 476 g/mol. The van der Waals surface area contributed by atoms with Crippen molar-refractivity contribution in [1.82, 2.24) is 0 Å². The van der Waals surface area contributed by atoms with Gasteiger partial charge in [-0.25, -0.2) is 9.59 Å². The molecule has 1 heterocycles. The number of methoxy groups -OCH3 is 1. The number of nitrogens with zero attached hydrogens (tertiary/aromatic N) is 1. The molecule has 0 fully saturated rings. The van der Waals surface area contributed by atoms with Crippen molar-refractivity contribution in [2.45, 2.75) is 45.6 Å². The van der Waals surface area contributed by atoms with Crippen molar-refractivity contribution in [2.24, 2.45) is 0 Å². The van der Waals surface area contributed by atoms with Crippen LogP contribution in [0.15, 0.2) is 18.2 Å². The third-order valence-electron chi connectivity index (χ3n) is 5.15. The van der Waals surface area contributed by atoms with Gasteiger partial charge in [0.05, 0.1) is 29.8 Å². The number of esters is 2. The molecule has 1 amide bonds. The number of rotatable bonds is 8. The average Bonchev–Trinajstić information content (AvgIpc) is 3.16. The number of amides is 1. The van der Waals surface area contributed by atoms with Crippen molar-refractivity contribution in [2.75, 3.05) is 19.0 Å². The maximum absolute atomic E-state index is 12.7. The minimum absolute atomic E-state index is 0.00417. The summed E-state index contributed by atoms with van der Waals surface area (Å²) in [6, 6.07) is 3.62. The van der Waals surface area contributed by atoms with Gasteiger partial charge < -0.3 is 19.5 Å². The van der Waals surface area contributed by atoms with Crippen LogP contribution in [-0.2, 0) is 27.1 Å². The Morgan fingerprint density at radius 3 is 2.61 bits per heavy atom. The van der Waals surface area contributed by atoms with E-state index in [1.165, 1.54) is 37.5 Å². The zero-order valence-corrected chi connectivity index (χ0v) is 19.3. The predicted octanol–water partition coefficient (Wildman–Crippen LogP) is 3.90. The molecule has 11 heteroatoms. The Hall–Kier alpha value is -3.47. The molecular formula is C22H24N2O8S. The van der Waals surface area contributed by atoms with Gasteiger partial charge in [-0.3, -0.25) is 14.9 Å². The summed E-state index contributed by atoms with van der Waals surface area (Å²) >= 11 is 1.32. The van der Waals surface area contributed by atoms with E-state index in [-0.39, 0.29) is 17.9 Å². The number of nitrogens with one attached hydrogen (secondary N) is 1. The molecule has 1 aliphatic carbocycles. The number of benzene rings is 1. The van der Waals surface area contributed by atoms with E-state index < -0.39 is 34.6 Å². The molecule has 0 radical (unpaired) electrons. The summed E-state index contributed by atoms with van der Waals surface area (Å²) in [6.07, 6.45) is 2.30. The maximum atomic E-state index is 12.7. The highest BCUT2D eigenvalue weighted by molar-refractivity contribution is 7.17. The predicted molar refractivity (Wildman–Crippen MR) is 120 cm³/mol. The van der Waals surface area contributed by atoms with E-state index >= 15 is 0 Å². The molecule has 2 aromatic rings. The van der Waals surface area contributed by atoms with Crippen molar-refractivity contribution in [3.8, 4) is 5.75 Å². The third-order valence-corrected chi connectivity index (χ3v) is 6.36. The minimum Gasteiger partial charge on any atom is -0.490 e. The summed E-state index contributed by atoms with van der Waals surface area (Å²) in [7, 11) is 1.28. The molecule has 1 N–H and O–H groups in total. The Kier molecular flexibility index (Phi) is 7.64. The number of anilines is 1. The van der Waals surface area contributed by atoms with Gasteiger partial charge in [-0.05, 0) is 57.2 Å². The lowest BCUT2D eigenvalue weighted by atomic mass is 9.95. The molecule has 10 nitrogen and oxygen atoms in total. The maximum Gasteiger partial charge on any atom is 0.341 e. The number of carbonyl (C=O) groups excluding carboxylic acids is 3. The Morgan fingerprint density at radius 1 is 1.21 bits per heavy atom. The number of fused-ring (bicyclic) bond motifs is 1. The van der Waals surface area contributed by atoms with Crippen LogP contribution in [0.2, 0.25) is 0 Å². The number of carbonyl (C=O) groups is 3. The molecule has 1 atom stereocenters. The number of ether oxygens (including phenoxy) is 3. The first-order valence-corrected chi connectivity index (χ1v) is 11.2. The van der Waals surface area contributed by atoms with Crippen LogP contribution in [0.4, 0.5) is 10.7 Å². The van der Waals surface area contributed by atoms with Crippen LogP contribution in [-0.4, -0.2) is 42.6 Å². The van der Waals surface area contributed by atoms with Crippen LogP contribution in [0.1, 0.15) is 57.8 Å². The number of hydrogen-bond donors (Lipinski definition) is 1. The molecule has 0 saturated heterocycles. The van der Waals surface area contributed by atoms with Gasteiger partial charge in [-0.1, -0.05) is 0 Å². The van der Waals surface area contributed by atoms with Gasteiger partial charge in [0.2, 0.25) is 0 Å². The molecule has 3 rings (SSSR count). The van der Waals surface area contributed by atoms with E-state index in [2.05, 4.69) is 5.32 Å². The fraction of sp³-hybridized carbons (Fsp3) is 0.409. The van der Waals surface area contributed by atoms with E-state index in [1.807, 2.05) is 0 Å². The Morgan fingerprint density at radius 2 is 1.94 bits per heavy atom. The second kappa shape index (κ2) is 10.4. The van der Waals surface area contributed by atoms with Gasteiger partial charge in [0.15, 0.2) is 11.9 Å². The highest BCUT2D eigenvalue weighted by Crippen LogP contribution is 2.38. The highest BCUT2D eigenvalue weighted by atomic mass is 32.1. The molecule has 176 valence electrons. The standard InChI is InChI=1S/C22H24N2O8S/c1-4-31-22(27)18-14-7-5-6-8-17(14)33-20(18)23-19(25)12(2)32-21(26)13-9-10-16(30-3)15(11-13)24(28)29/h9-12H,4-8H2,1-3H3,(H,23,25). The zero-order chi connectivity index (χ0) is 24.1. The lowest BCUT2D eigenvalue weighted by Gasteiger charge is -2.14. The SMILES string of the molecule is CCOC(=O)c1c(NC(=O)C(C)OC(=O)c2ccc(OC)c([N+](=O)[O-])c2)sc2c1CCCC2. The van der Waals surface area contributed by atoms with Gasteiger partial charge >= 0.3 is 17.6 Å². The minimum atomic E-state index is -1.21. The normalized spacial score (nSPS) is 13.4. The van der Waals surface area contributed by atoms with Crippen LogP contribution >= 0.6 is 11.3 Å². The van der Waals surface area contributed by atoms with Gasteiger partial charge in [-0.15, -0.1) is 11.3 Å². The van der Waals surface area contributed by atoms with Crippen LogP contribution in [0.25, 0.3) is 0 Å². The highest BCUT2D eigenvalue weighted by Gasteiger charge is 2.29. The molecule has 0 bridgehead atoms. The summed E-state index contributed by atoms with van der Waals surface area (Å²) in [5.74, 6) is -2.03. The molecule has 0 aliphatic heterocycles. The number of aryl methyl sites for hydroxylation is 1. The average molecular weight is 477 g/mol. The van der Waals surface area contributed by atoms with Crippen molar-refractivity contribution in [3.63, 3.8) is 0 Å². The number of thiophene rings is 1. The van der Waals surface area contributed by atoms with E-state index in [0.717, 1.165) is 42.2 Å². The second-order valence-corrected chi connectivity index (χ2v) is 8.42. The summed E-state index contributed by atoms with van der Waals surface area (Å²) in [5, 5.41) is 14.2. The Balaban J connectivity index is 1.76. The van der Waals surface area contributed by atoms with E-state index in [0.29, 0.717) is 10.6 Å². The summed E-state index contributed by atoms with van der Waals surface area (Å²) in [6.45, 7) is 3.29. The van der Waals surface area contributed by atoms with Crippen LogP contribution < -0.4 is 10.1 Å². The molecule has 0 spiro atoms. The lowest BCUT2D eigenvalue weighted by Crippen LogP contribution is -2.30. The summed E-state index contributed by atoms with van der Waals surface area (Å²) in [5.41, 5.74) is 0.762. The lowest BCUT2D eigenvalue weighted by molar-refractivity contribution is -0.385. The van der Waals surface area contributed by atoms with Crippen molar-refractivity contribution < 1.29 is 33.5 Å². The first-order chi connectivity index (χ1) is 15.8. The van der Waals surface area contributed by atoms with Crippen LogP contribution in [0.3, 0.4) is 0 Å². The second-order valence-electron chi connectivity index (χ2n) is 7.32. The third kappa shape index (κ3) is 5.30. The summed E-state index contributed by atoms with van der Waals surface area (Å²) in [4.78, 5) is 49.3.